The highest BCUT2D eigenvalue weighted by Gasteiger charge is 2.26. The lowest BCUT2D eigenvalue weighted by Gasteiger charge is -2.29. The van der Waals surface area contributed by atoms with Gasteiger partial charge in [-0.15, -0.1) is 0 Å². The Bertz CT molecular complexity index is 856. The topological polar surface area (TPSA) is 58.6 Å². The van der Waals surface area contributed by atoms with Crippen molar-refractivity contribution in [1.29, 1.82) is 0 Å². The first-order valence-electron chi connectivity index (χ1n) is 10.5. The lowest BCUT2D eigenvalue weighted by molar-refractivity contribution is -0.142. The number of hydrogen-bond acceptors (Lipinski definition) is 3. The minimum atomic E-state index is -0.598. The Morgan fingerprint density at radius 2 is 1.63 bits per heavy atom. The maximum Gasteiger partial charge on any atom is 0.261 e. The highest BCUT2D eigenvalue weighted by atomic mass is 16.5. The summed E-state index contributed by atoms with van der Waals surface area (Å²) in [5.41, 5.74) is 4.26. The van der Waals surface area contributed by atoms with Gasteiger partial charge in [-0.3, -0.25) is 9.59 Å². The Labute approximate surface area is 180 Å². The van der Waals surface area contributed by atoms with Crippen LogP contribution >= 0.6 is 0 Å². The van der Waals surface area contributed by atoms with Gasteiger partial charge in [0.2, 0.25) is 5.91 Å². The van der Waals surface area contributed by atoms with E-state index in [1.54, 1.807) is 11.8 Å². The van der Waals surface area contributed by atoms with Gasteiger partial charge in [0, 0.05) is 13.1 Å². The lowest BCUT2D eigenvalue weighted by Crippen LogP contribution is -2.49. The molecule has 5 heteroatoms. The molecule has 0 spiro atoms. The second-order valence-electron chi connectivity index (χ2n) is 8.44. The van der Waals surface area contributed by atoms with Crippen LogP contribution in [0.3, 0.4) is 0 Å². The van der Waals surface area contributed by atoms with Crippen LogP contribution in [0.2, 0.25) is 0 Å². The molecular weight excluding hydrogens is 376 g/mol. The minimum Gasteiger partial charge on any atom is -0.484 e. The van der Waals surface area contributed by atoms with Crippen LogP contribution < -0.4 is 10.1 Å². The van der Waals surface area contributed by atoms with E-state index < -0.39 is 6.04 Å². The third-order valence-corrected chi connectivity index (χ3v) is 4.84. The van der Waals surface area contributed by atoms with E-state index in [1.165, 1.54) is 0 Å². The Balaban J connectivity index is 2.15. The van der Waals surface area contributed by atoms with Crippen molar-refractivity contribution in [3.05, 3.63) is 64.7 Å². The summed E-state index contributed by atoms with van der Waals surface area (Å²) in [5.74, 6) is 0.627. The maximum atomic E-state index is 13.1. The minimum absolute atomic E-state index is 0.115. The van der Waals surface area contributed by atoms with Gasteiger partial charge in [-0.2, -0.15) is 0 Å². The van der Waals surface area contributed by atoms with Gasteiger partial charge in [0.15, 0.2) is 6.61 Å². The first-order chi connectivity index (χ1) is 14.2. The molecule has 0 fully saturated rings. The van der Waals surface area contributed by atoms with Crippen molar-refractivity contribution in [2.75, 3.05) is 13.2 Å². The van der Waals surface area contributed by atoms with Gasteiger partial charge in [-0.05, 0) is 62.4 Å². The highest BCUT2D eigenvalue weighted by molar-refractivity contribution is 5.88. The average Bonchev–Trinajstić information content (AvgIpc) is 2.67. The van der Waals surface area contributed by atoms with E-state index >= 15 is 0 Å². The lowest BCUT2D eigenvalue weighted by atomic mass is 10.1. The van der Waals surface area contributed by atoms with E-state index in [-0.39, 0.29) is 18.4 Å². The molecule has 0 unspecified atom stereocenters. The van der Waals surface area contributed by atoms with Gasteiger partial charge >= 0.3 is 0 Å². The smallest absolute Gasteiger partial charge is 0.261 e. The zero-order chi connectivity index (χ0) is 22.3. The summed E-state index contributed by atoms with van der Waals surface area (Å²) in [5, 5.41) is 2.93. The van der Waals surface area contributed by atoms with Crippen molar-refractivity contribution < 1.29 is 14.3 Å². The Morgan fingerprint density at radius 3 is 2.23 bits per heavy atom. The van der Waals surface area contributed by atoms with Crippen molar-refractivity contribution in [3.63, 3.8) is 0 Å². The number of ether oxygens (including phenoxy) is 1. The van der Waals surface area contributed by atoms with Crippen LogP contribution in [-0.2, 0) is 16.1 Å². The van der Waals surface area contributed by atoms with Crippen molar-refractivity contribution in [1.82, 2.24) is 10.2 Å². The van der Waals surface area contributed by atoms with Crippen molar-refractivity contribution >= 4 is 11.8 Å². The van der Waals surface area contributed by atoms with Crippen LogP contribution in [0.1, 0.15) is 43.0 Å². The summed E-state index contributed by atoms with van der Waals surface area (Å²) >= 11 is 0. The van der Waals surface area contributed by atoms with Crippen LogP contribution in [0, 0.1) is 26.7 Å². The fourth-order valence-electron chi connectivity index (χ4n) is 3.29. The molecule has 1 atom stereocenters. The number of amides is 2. The fourth-order valence-corrected chi connectivity index (χ4v) is 3.29. The van der Waals surface area contributed by atoms with Crippen LogP contribution in [0.5, 0.6) is 5.75 Å². The number of benzene rings is 2. The Morgan fingerprint density at radius 1 is 0.967 bits per heavy atom. The van der Waals surface area contributed by atoms with Crippen molar-refractivity contribution in [3.8, 4) is 5.75 Å². The number of nitrogens with one attached hydrogen (secondary N) is 1. The summed E-state index contributed by atoms with van der Waals surface area (Å²) < 4.78 is 5.78. The molecule has 30 heavy (non-hydrogen) atoms. The molecule has 2 rings (SSSR count). The summed E-state index contributed by atoms with van der Waals surface area (Å²) in [6, 6.07) is 13.2. The molecule has 0 saturated heterocycles. The van der Waals surface area contributed by atoms with Gasteiger partial charge in [0.25, 0.3) is 5.91 Å². The van der Waals surface area contributed by atoms with E-state index in [9.17, 15) is 9.59 Å². The molecular formula is C25H34N2O3. The largest absolute Gasteiger partial charge is 0.484 e. The molecule has 1 N–H and O–H groups in total. The predicted octanol–water partition coefficient (Wildman–Crippen LogP) is 4.18. The molecule has 0 aliphatic heterocycles. The standard InChI is InChI=1S/C25H34N2O3/c1-17(2)14-26-25(29)21(6)27(15-22-9-7-8-18(3)11-22)24(28)16-30-23-12-19(4)10-20(5)13-23/h7-13,17,21H,14-16H2,1-6H3,(H,26,29)/t21-/m0/s1. The van der Waals surface area contributed by atoms with Gasteiger partial charge in [-0.25, -0.2) is 0 Å². The number of rotatable bonds is 9. The fraction of sp³-hybridized carbons (Fsp3) is 0.440. The first-order valence-corrected chi connectivity index (χ1v) is 10.5. The van der Waals surface area contributed by atoms with E-state index in [0.29, 0.717) is 24.8 Å². The van der Waals surface area contributed by atoms with Crippen LogP contribution in [0.15, 0.2) is 42.5 Å². The van der Waals surface area contributed by atoms with Crippen LogP contribution in [0.4, 0.5) is 0 Å². The molecule has 0 aliphatic carbocycles. The number of hydrogen-bond donors (Lipinski definition) is 1. The van der Waals surface area contributed by atoms with Crippen molar-refractivity contribution in [2.45, 2.75) is 54.1 Å². The molecule has 0 bridgehead atoms. The molecule has 0 saturated carbocycles. The first kappa shape index (κ1) is 23.5. The molecule has 0 aromatic heterocycles. The van der Waals surface area contributed by atoms with E-state index in [1.807, 2.05) is 71.0 Å². The Kier molecular flexibility index (Phi) is 8.46. The molecule has 2 amide bonds. The molecule has 0 aliphatic rings. The quantitative estimate of drug-likeness (QED) is 0.675. The molecule has 2 aromatic rings. The van der Waals surface area contributed by atoms with Gasteiger partial charge < -0.3 is 15.0 Å². The van der Waals surface area contributed by atoms with Crippen LogP contribution in [-0.4, -0.2) is 35.9 Å². The third-order valence-electron chi connectivity index (χ3n) is 4.84. The molecule has 2 aromatic carbocycles. The van der Waals surface area contributed by atoms with Crippen LogP contribution in [0.25, 0.3) is 0 Å². The third kappa shape index (κ3) is 7.21. The van der Waals surface area contributed by atoms with E-state index in [2.05, 4.69) is 11.4 Å². The van der Waals surface area contributed by atoms with E-state index in [0.717, 1.165) is 22.3 Å². The van der Waals surface area contributed by atoms with Gasteiger partial charge in [0.05, 0.1) is 0 Å². The van der Waals surface area contributed by atoms with Crippen molar-refractivity contribution in [2.24, 2.45) is 5.92 Å². The molecule has 5 nitrogen and oxygen atoms in total. The van der Waals surface area contributed by atoms with E-state index in [4.69, 9.17) is 4.74 Å². The molecule has 0 heterocycles. The van der Waals surface area contributed by atoms with Gasteiger partial charge in [0.1, 0.15) is 11.8 Å². The monoisotopic (exact) mass is 410 g/mol. The van der Waals surface area contributed by atoms with Gasteiger partial charge in [-0.1, -0.05) is 49.7 Å². The number of nitrogens with zero attached hydrogens (tertiary/aromatic N) is 1. The zero-order valence-electron chi connectivity index (χ0n) is 19.0. The SMILES string of the molecule is Cc1cccc(CN(C(=O)COc2cc(C)cc(C)c2)[C@@H](C)C(=O)NCC(C)C)c1. The molecule has 0 radical (unpaired) electrons. The maximum absolute atomic E-state index is 13.1. The normalized spacial score (nSPS) is 11.8. The number of aryl methyl sites for hydroxylation is 3. The molecule has 162 valence electrons. The predicted molar refractivity (Wildman–Crippen MR) is 120 cm³/mol. The summed E-state index contributed by atoms with van der Waals surface area (Å²) in [4.78, 5) is 27.3. The summed E-state index contributed by atoms with van der Waals surface area (Å²) in [6.07, 6.45) is 0. The Hall–Kier alpha value is -2.82. The summed E-state index contributed by atoms with van der Waals surface area (Å²) in [6.45, 7) is 12.7. The second-order valence-corrected chi connectivity index (χ2v) is 8.44. The second kappa shape index (κ2) is 10.8. The number of carbonyl (C=O) groups excluding carboxylic acids is 2. The highest BCUT2D eigenvalue weighted by Crippen LogP contribution is 2.17. The average molecular weight is 411 g/mol. The number of carbonyl (C=O) groups is 2. The summed E-state index contributed by atoms with van der Waals surface area (Å²) in [7, 11) is 0. The zero-order valence-corrected chi connectivity index (χ0v) is 19.0.